The van der Waals surface area contributed by atoms with Gasteiger partial charge in [-0.25, -0.2) is 0 Å². The van der Waals surface area contributed by atoms with Gasteiger partial charge in [0.05, 0.1) is 0 Å². The lowest BCUT2D eigenvalue weighted by Gasteiger charge is -1.91. The SMILES string of the molecule is CCC(N)O.Cl.Cl.Cl. The van der Waals surface area contributed by atoms with Crippen LogP contribution in [0.25, 0.3) is 0 Å². The van der Waals surface area contributed by atoms with E-state index in [1.54, 1.807) is 0 Å². The minimum absolute atomic E-state index is 0. The maximum Gasteiger partial charge on any atom is 0.102 e. The minimum atomic E-state index is -0.616. The third kappa shape index (κ3) is 29.2. The van der Waals surface area contributed by atoms with Crippen molar-refractivity contribution in [2.24, 2.45) is 5.73 Å². The molecule has 0 saturated heterocycles. The van der Waals surface area contributed by atoms with Gasteiger partial charge in [0.2, 0.25) is 0 Å². The average Bonchev–Trinajstić information content (AvgIpc) is 1.38. The normalized spacial score (nSPS) is 9.38. The highest BCUT2D eigenvalue weighted by atomic mass is 35.5. The molecule has 2 nitrogen and oxygen atoms in total. The molecule has 0 saturated carbocycles. The molecule has 3 N–H and O–H groups in total. The summed E-state index contributed by atoms with van der Waals surface area (Å²) >= 11 is 0. The maximum atomic E-state index is 8.14. The van der Waals surface area contributed by atoms with E-state index in [0.29, 0.717) is 6.42 Å². The van der Waals surface area contributed by atoms with E-state index in [1.165, 1.54) is 0 Å². The quantitative estimate of drug-likeness (QED) is 0.596. The van der Waals surface area contributed by atoms with Crippen molar-refractivity contribution in [3.05, 3.63) is 0 Å². The fourth-order valence-electron chi connectivity index (χ4n) is 0. The number of hydrogen-bond donors (Lipinski definition) is 2. The van der Waals surface area contributed by atoms with Gasteiger partial charge < -0.3 is 10.8 Å². The summed E-state index contributed by atoms with van der Waals surface area (Å²) in [6, 6.07) is 0. The summed E-state index contributed by atoms with van der Waals surface area (Å²) in [7, 11) is 0. The van der Waals surface area contributed by atoms with Crippen molar-refractivity contribution in [3.63, 3.8) is 0 Å². The van der Waals surface area contributed by atoms with E-state index < -0.39 is 6.23 Å². The van der Waals surface area contributed by atoms with Crippen LogP contribution in [-0.2, 0) is 0 Å². The Morgan fingerprint density at radius 1 is 1.38 bits per heavy atom. The third-order valence-corrected chi connectivity index (χ3v) is 0.418. The predicted molar refractivity (Wildman–Crippen MR) is 42.2 cm³/mol. The summed E-state index contributed by atoms with van der Waals surface area (Å²) in [6.07, 6.45) is 0.0231. The summed E-state index contributed by atoms with van der Waals surface area (Å²) in [5.41, 5.74) is 4.85. The van der Waals surface area contributed by atoms with Crippen molar-refractivity contribution in [3.8, 4) is 0 Å². The minimum Gasteiger partial charge on any atom is -0.379 e. The van der Waals surface area contributed by atoms with Crippen molar-refractivity contribution in [2.75, 3.05) is 0 Å². The number of hydrogen-bond acceptors (Lipinski definition) is 2. The van der Waals surface area contributed by atoms with Gasteiger partial charge in [0.25, 0.3) is 0 Å². The second kappa shape index (κ2) is 15.7. The summed E-state index contributed by atoms with van der Waals surface area (Å²) in [4.78, 5) is 0. The van der Waals surface area contributed by atoms with Crippen LogP contribution in [0.4, 0.5) is 0 Å². The maximum absolute atomic E-state index is 8.14. The Morgan fingerprint density at radius 3 is 1.50 bits per heavy atom. The number of aliphatic hydroxyl groups excluding tert-OH is 1. The van der Waals surface area contributed by atoms with Crippen LogP contribution in [-0.4, -0.2) is 11.3 Å². The first-order valence-electron chi connectivity index (χ1n) is 1.71. The van der Waals surface area contributed by atoms with Crippen molar-refractivity contribution in [1.82, 2.24) is 0 Å². The van der Waals surface area contributed by atoms with Crippen LogP contribution in [0.3, 0.4) is 0 Å². The molecular formula is C3H12Cl3NO. The molecule has 1 atom stereocenters. The van der Waals surface area contributed by atoms with Crippen molar-refractivity contribution < 1.29 is 5.11 Å². The number of aliphatic hydroxyl groups is 1. The van der Waals surface area contributed by atoms with E-state index in [1.807, 2.05) is 6.92 Å². The van der Waals surface area contributed by atoms with Crippen molar-refractivity contribution >= 4 is 37.2 Å². The first-order chi connectivity index (χ1) is 2.27. The topological polar surface area (TPSA) is 46.2 Å². The van der Waals surface area contributed by atoms with Gasteiger partial charge in [0.15, 0.2) is 0 Å². The predicted octanol–water partition coefficient (Wildman–Crippen LogP) is 0.939. The van der Waals surface area contributed by atoms with E-state index in [4.69, 9.17) is 10.8 Å². The Balaban J connectivity index is -0.0000000267. The van der Waals surface area contributed by atoms with Crippen LogP contribution < -0.4 is 5.73 Å². The highest BCUT2D eigenvalue weighted by molar-refractivity contribution is 5.86. The zero-order valence-electron chi connectivity index (χ0n) is 4.53. The van der Waals surface area contributed by atoms with E-state index in [0.717, 1.165) is 0 Å². The molecule has 0 aliphatic carbocycles. The highest BCUT2D eigenvalue weighted by Gasteiger charge is 1.81. The molecule has 0 aliphatic heterocycles. The molecule has 56 valence electrons. The van der Waals surface area contributed by atoms with Gasteiger partial charge in [0, 0.05) is 0 Å². The molecule has 0 bridgehead atoms. The van der Waals surface area contributed by atoms with Gasteiger partial charge in [0.1, 0.15) is 6.23 Å². The van der Waals surface area contributed by atoms with Crippen LogP contribution in [0.15, 0.2) is 0 Å². The summed E-state index contributed by atoms with van der Waals surface area (Å²) in [5, 5.41) is 8.14. The standard InChI is InChI=1S/C3H9NO.3ClH/c1-2-3(4)5;;;/h3,5H,2,4H2,1H3;3*1H. The van der Waals surface area contributed by atoms with Gasteiger partial charge >= 0.3 is 0 Å². The second-order valence-corrected chi connectivity index (χ2v) is 0.976. The van der Waals surface area contributed by atoms with Crippen LogP contribution in [0, 0.1) is 0 Å². The Hall–Kier alpha value is 0.790. The van der Waals surface area contributed by atoms with E-state index in [-0.39, 0.29) is 37.2 Å². The first kappa shape index (κ1) is 23.2. The van der Waals surface area contributed by atoms with Gasteiger partial charge in [-0.2, -0.15) is 0 Å². The first-order valence-corrected chi connectivity index (χ1v) is 1.71. The van der Waals surface area contributed by atoms with E-state index in [9.17, 15) is 0 Å². The van der Waals surface area contributed by atoms with Crippen molar-refractivity contribution in [1.29, 1.82) is 0 Å². The van der Waals surface area contributed by atoms with E-state index >= 15 is 0 Å². The van der Waals surface area contributed by atoms with Gasteiger partial charge in [-0.1, -0.05) is 6.92 Å². The monoisotopic (exact) mass is 183 g/mol. The molecule has 0 spiro atoms. The van der Waals surface area contributed by atoms with Gasteiger partial charge in [-0.05, 0) is 6.42 Å². The molecule has 5 heteroatoms. The van der Waals surface area contributed by atoms with E-state index in [2.05, 4.69) is 0 Å². The third-order valence-electron chi connectivity index (χ3n) is 0.418. The second-order valence-electron chi connectivity index (χ2n) is 0.976. The Bertz CT molecular complexity index is 28.5. The summed E-state index contributed by atoms with van der Waals surface area (Å²) in [5.74, 6) is 0. The molecule has 0 radical (unpaired) electrons. The Morgan fingerprint density at radius 2 is 1.50 bits per heavy atom. The lowest BCUT2D eigenvalue weighted by atomic mass is 10.5. The van der Waals surface area contributed by atoms with Crippen LogP contribution in [0.2, 0.25) is 0 Å². The zero-order valence-corrected chi connectivity index (χ0v) is 6.98. The molecule has 0 aliphatic rings. The molecule has 0 rings (SSSR count). The average molecular weight is 184 g/mol. The van der Waals surface area contributed by atoms with Crippen LogP contribution >= 0.6 is 37.2 Å². The lowest BCUT2D eigenvalue weighted by Crippen LogP contribution is -2.16. The number of nitrogens with two attached hydrogens (primary N) is 1. The highest BCUT2D eigenvalue weighted by Crippen LogP contribution is 1.72. The zero-order chi connectivity index (χ0) is 4.28. The fourth-order valence-corrected chi connectivity index (χ4v) is 0. The molecule has 0 aromatic carbocycles. The Kier molecular flexibility index (Phi) is 45.5. The van der Waals surface area contributed by atoms with Crippen molar-refractivity contribution in [2.45, 2.75) is 19.6 Å². The molecule has 1 unspecified atom stereocenters. The molecule has 0 amide bonds. The summed E-state index contributed by atoms with van der Waals surface area (Å²) in [6.45, 7) is 1.82. The molecule has 0 fully saturated rings. The number of rotatable bonds is 1. The lowest BCUT2D eigenvalue weighted by molar-refractivity contribution is 0.178. The number of halogens is 3. The fraction of sp³-hybridized carbons (Fsp3) is 1.00. The summed E-state index contributed by atoms with van der Waals surface area (Å²) < 4.78 is 0. The Labute approximate surface area is 68.1 Å². The molecule has 8 heavy (non-hydrogen) atoms. The molecule has 0 heterocycles. The van der Waals surface area contributed by atoms with Crippen LogP contribution in [0.5, 0.6) is 0 Å². The smallest absolute Gasteiger partial charge is 0.102 e. The largest absolute Gasteiger partial charge is 0.379 e. The molecular weight excluding hydrogens is 172 g/mol. The molecule has 0 aromatic heterocycles. The van der Waals surface area contributed by atoms with Crippen LogP contribution in [0.1, 0.15) is 13.3 Å². The van der Waals surface area contributed by atoms with Gasteiger partial charge in [-0.3, -0.25) is 0 Å². The molecule has 0 aromatic rings. The van der Waals surface area contributed by atoms with Gasteiger partial charge in [-0.15, -0.1) is 37.2 Å².